The molecule has 2 saturated heterocycles. The van der Waals surface area contributed by atoms with Crippen molar-refractivity contribution in [3.63, 3.8) is 0 Å². The minimum atomic E-state index is -0.213. The zero-order valence-corrected chi connectivity index (χ0v) is 22.2. The summed E-state index contributed by atoms with van der Waals surface area (Å²) in [6, 6.07) is 9.64. The van der Waals surface area contributed by atoms with Gasteiger partial charge in [0.05, 0.1) is 5.69 Å². The number of hydrogen-bond acceptors (Lipinski definition) is 3. The summed E-state index contributed by atoms with van der Waals surface area (Å²) in [4.78, 5) is 9.54. The molecule has 4 heteroatoms. The quantitative estimate of drug-likeness (QED) is 0.355. The van der Waals surface area contributed by atoms with Crippen molar-refractivity contribution in [2.24, 2.45) is 11.3 Å². The highest BCUT2D eigenvalue weighted by atomic mass is 19.1. The third-order valence-electron chi connectivity index (χ3n) is 8.75. The highest BCUT2D eigenvalue weighted by molar-refractivity contribution is 5.67. The Morgan fingerprint density at radius 1 is 1.06 bits per heavy atom. The van der Waals surface area contributed by atoms with Crippen molar-refractivity contribution in [1.82, 2.24) is 14.8 Å². The van der Waals surface area contributed by atoms with Gasteiger partial charge in [-0.1, -0.05) is 39.5 Å². The van der Waals surface area contributed by atoms with Crippen LogP contribution in [0.3, 0.4) is 0 Å². The van der Waals surface area contributed by atoms with Crippen molar-refractivity contribution in [1.29, 1.82) is 0 Å². The van der Waals surface area contributed by atoms with E-state index in [1.54, 1.807) is 6.07 Å². The van der Waals surface area contributed by atoms with Crippen LogP contribution in [0.4, 0.5) is 4.39 Å². The minimum absolute atomic E-state index is 0.213. The lowest BCUT2D eigenvalue weighted by Gasteiger charge is -2.38. The third-order valence-corrected chi connectivity index (χ3v) is 8.75. The van der Waals surface area contributed by atoms with Crippen LogP contribution in [0, 0.1) is 17.2 Å². The van der Waals surface area contributed by atoms with Gasteiger partial charge in [0.25, 0.3) is 0 Å². The number of benzene rings is 1. The van der Waals surface area contributed by atoms with E-state index >= 15 is 0 Å². The molecular weight excluding hydrogens is 433 g/mol. The zero-order valence-electron chi connectivity index (χ0n) is 22.2. The summed E-state index contributed by atoms with van der Waals surface area (Å²) in [5, 5.41) is 0. The fourth-order valence-corrected chi connectivity index (χ4v) is 5.63. The molecule has 0 spiro atoms. The van der Waals surface area contributed by atoms with Crippen molar-refractivity contribution in [2.45, 2.75) is 72.1 Å². The molecule has 3 heterocycles. The van der Waals surface area contributed by atoms with E-state index in [1.807, 2.05) is 24.4 Å². The van der Waals surface area contributed by atoms with Crippen LogP contribution in [0.5, 0.6) is 0 Å². The number of aromatic nitrogens is 1. The molecule has 1 aromatic carbocycles. The van der Waals surface area contributed by atoms with Gasteiger partial charge in [-0.25, -0.2) is 4.39 Å². The Morgan fingerprint density at radius 3 is 2.37 bits per heavy atom. The molecule has 190 valence electrons. The van der Waals surface area contributed by atoms with E-state index in [4.69, 9.17) is 0 Å². The molecule has 3 nitrogen and oxygen atoms in total. The van der Waals surface area contributed by atoms with Gasteiger partial charge < -0.3 is 9.80 Å². The lowest BCUT2D eigenvalue weighted by molar-refractivity contribution is 0.111. The maximum Gasteiger partial charge on any atom is 0.133 e. The predicted octanol–water partition coefficient (Wildman–Crippen LogP) is 7.43. The molecule has 2 aliphatic heterocycles. The third kappa shape index (κ3) is 6.52. The Hall–Kier alpha value is -2.20. The topological polar surface area (TPSA) is 19.4 Å². The van der Waals surface area contributed by atoms with E-state index in [0.29, 0.717) is 11.0 Å². The standard InChI is InChI=1S/C31H44FN3/c1-5-31(4,6-2)23-34-19-15-25(16-20-34)9-10-26-11-14-30(33-22-26)27-12-13-28(29(32)21-27)24(3)35-17-7-8-18-35/h11-14,21-22,25H,3,5-10,15-20,23H2,1-2,4H3. The van der Waals surface area contributed by atoms with Gasteiger partial charge in [-0.2, -0.15) is 0 Å². The number of likely N-dealkylation sites (tertiary alicyclic amines) is 2. The van der Waals surface area contributed by atoms with Gasteiger partial charge in [0.2, 0.25) is 0 Å². The molecule has 0 unspecified atom stereocenters. The molecule has 1 aromatic heterocycles. The molecule has 2 fully saturated rings. The molecule has 0 radical (unpaired) electrons. The van der Waals surface area contributed by atoms with E-state index in [2.05, 4.69) is 48.2 Å². The fraction of sp³-hybridized carbons (Fsp3) is 0.581. The van der Waals surface area contributed by atoms with E-state index < -0.39 is 0 Å². The molecule has 0 aliphatic carbocycles. The highest BCUT2D eigenvalue weighted by Crippen LogP contribution is 2.31. The fourth-order valence-electron chi connectivity index (χ4n) is 5.63. The maximum atomic E-state index is 14.9. The lowest BCUT2D eigenvalue weighted by atomic mass is 9.83. The number of piperidine rings is 1. The first-order valence-electron chi connectivity index (χ1n) is 13.8. The first kappa shape index (κ1) is 25.9. The molecule has 2 aromatic rings. The van der Waals surface area contributed by atoms with Gasteiger partial charge in [0, 0.05) is 42.7 Å². The van der Waals surface area contributed by atoms with Crippen LogP contribution in [0.25, 0.3) is 17.0 Å². The number of nitrogens with zero attached hydrogens (tertiary/aromatic N) is 3. The summed E-state index contributed by atoms with van der Waals surface area (Å²) in [7, 11) is 0. The summed E-state index contributed by atoms with van der Waals surface area (Å²) in [5.41, 5.74) is 4.79. The number of pyridine rings is 1. The van der Waals surface area contributed by atoms with Gasteiger partial charge >= 0.3 is 0 Å². The molecule has 0 atom stereocenters. The van der Waals surface area contributed by atoms with Gasteiger partial charge in [-0.15, -0.1) is 0 Å². The SMILES string of the molecule is C=C(c1ccc(-c2ccc(CCC3CCN(CC(C)(CC)CC)CC3)cn2)cc1F)N1CCCC1. The summed E-state index contributed by atoms with van der Waals surface area (Å²) < 4.78 is 14.9. The van der Waals surface area contributed by atoms with Crippen molar-refractivity contribution in [2.75, 3.05) is 32.7 Å². The molecule has 0 bridgehead atoms. The highest BCUT2D eigenvalue weighted by Gasteiger charge is 2.26. The molecule has 35 heavy (non-hydrogen) atoms. The second-order valence-electron chi connectivity index (χ2n) is 11.2. The molecule has 2 aliphatic rings. The van der Waals surface area contributed by atoms with Crippen molar-refractivity contribution >= 4 is 5.70 Å². The molecule has 0 saturated carbocycles. The second kappa shape index (κ2) is 11.7. The molecule has 0 N–H and O–H groups in total. The van der Waals surface area contributed by atoms with Crippen LogP contribution < -0.4 is 0 Å². The predicted molar refractivity (Wildman–Crippen MR) is 146 cm³/mol. The van der Waals surface area contributed by atoms with Gasteiger partial charge in [-0.05, 0) is 99.6 Å². The maximum absolute atomic E-state index is 14.9. The Labute approximate surface area is 212 Å². The van der Waals surface area contributed by atoms with Crippen LogP contribution in [-0.4, -0.2) is 47.5 Å². The van der Waals surface area contributed by atoms with E-state index in [0.717, 1.165) is 55.2 Å². The minimum Gasteiger partial charge on any atom is -0.371 e. The van der Waals surface area contributed by atoms with Gasteiger partial charge in [0.1, 0.15) is 5.82 Å². The number of rotatable bonds is 10. The van der Waals surface area contributed by atoms with Crippen LogP contribution in [0.1, 0.15) is 76.8 Å². The Balaban J connectivity index is 1.27. The smallest absolute Gasteiger partial charge is 0.133 e. The van der Waals surface area contributed by atoms with E-state index in [-0.39, 0.29) is 5.82 Å². The number of halogens is 1. The number of hydrogen-bond donors (Lipinski definition) is 0. The zero-order chi connectivity index (χ0) is 24.8. The van der Waals surface area contributed by atoms with Gasteiger partial charge in [0.15, 0.2) is 0 Å². The average Bonchev–Trinajstić information content (AvgIpc) is 3.43. The van der Waals surface area contributed by atoms with Crippen molar-refractivity contribution < 1.29 is 4.39 Å². The molecule has 0 amide bonds. The number of aryl methyl sites for hydroxylation is 1. The molecule has 4 rings (SSSR count). The average molecular weight is 478 g/mol. The Morgan fingerprint density at radius 2 is 1.77 bits per heavy atom. The monoisotopic (exact) mass is 477 g/mol. The largest absolute Gasteiger partial charge is 0.371 e. The normalized spacial score (nSPS) is 17.8. The molecular formula is C31H44FN3. The second-order valence-corrected chi connectivity index (χ2v) is 11.2. The first-order valence-corrected chi connectivity index (χ1v) is 13.8. The van der Waals surface area contributed by atoms with Crippen LogP contribution in [0.2, 0.25) is 0 Å². The van der Waals surface area contributed by atoms with Crippen molar-refractivity contribution in [3.8, 4) is 11.3 Å². The van der Waals surface area contributed by atoms with Crippen LogP contribution in [-0.2, 0) is 6.42 Å². The summed E-state index contributed by atoms with van der Waals surface area (Å²) >= 11 is 0. The van der Waals surface area contributed by atoms with E-state index in [9.17, 15) is 4.39 Å². The van der Waals surface area contributed by atoms with Gasteiger partial charge in [-0.3, -0.25) is 4.98 Å². The van der Waals surface area contributed by atoms with E-state index in [1.165, 1.54) is 57.3 Å². The Kier molecular flexibility index (Phi) is 8.64. The summed E-state index contributed by atoms with van der Waals surface area (Å²) in [5.74, 6) is 0.598. The Bertz CT molecular complexity index is 965. The first-order chi connectivity index (χ1) is 16.9. The lowest BCUT2D eigenvalue weighted by Crippen LogP contribution is -2.40. The van der Waals surface area contributed by atoms with Crippen LogP contribution >= 0.6 is 0 Å². The van der Waals surface area contributed by atoms with Crippen LogP contribution in [0.15, 0.2) is 43.1 Å². The summed E-state index contributed by atoms with van der Waals surface area (Å²) in [6.45, 7) is 16.9. The van der Waals surface area contributed by atoms with Crippen molar-refractivity contribution in [3.05, 3.63) is 60.1 Å². The summed E-state index contributed by atoms with van der Waals surface area (Å²) in [6.07, 6.45) is 11.7.